The Hall–Kier alpha value is -0.910. The van der Waals surface area contributed by atoms with E-state index in [0.29, 0.717) is 16.5 Å². The number of benzene rings is 1. The van der Waals surface area contributed by atoms with Gasteiger partial charge >= 0.3 is 0 Å². The van der Waals surface area contributed by atoms with Gasteiger partial charge in [-0.3, -0.25) is 0 Å². The van der Waals surface area contributed by atoms with E-state index in [1.165, 1.54) is 11.6 Å². The molecule has 0 saturated carbocycles. The molecule has 0 aliphatic rings. The Kier molecular flexibility index (Phi) is 3.84. The highest BCUT2D eigenvalue weighted by Crippen LogP contribution is 2.29. The number of alkyl halides is 1. The Labute approximate surface area is 133 Å². The number of imidazole rings is 1. The zero-order valence-electron chi connectivity index (χ0n) is 10.6. The molecule has 0 aliphatic heterocycles. The zero-order chi connectivity index (χ0) is 14.3. The van der Waals surface area contributed by atoms with Crippen LogP contribution in [-0.4, -0.2) is 9.55 Å². The van der Waals surface area contributed by atoms with Crippen molar-refractivity contribution in [3.05, 3.63) is 50.6 Å². The summed E-state index contributed by atoms with van der Waals surface area (Å²) in [4.78, 5) is 4.47. The van der Waals surface area contributed by atoms with Gasteiger partial charge in [0.05, 0.1) is 27.4 Å². The third kappa shape index (κ3) is 2.50. The van der Waals surface area contributed by atoms with Crippen molar-refractivity contribution < 1.29 is 4.39 Å². The van der Waals surface area contributed by atoms with E-state index in [2.05, 4.69) is 32.4 Å². The molecule has 3 aromatic rings. The van der Waals surface area contributed by atoms with E-state index in [-0.39, 0.29) is 11.2 Å². The van der Waals surface area contributed by atoms with Gasteiger partial charge in [0.1, 0.15) is 11.6 Å². The lowest BCUT2D eigenvalue weighted by Gasteiger charge is -2.09. The maximum atomic E-state index is 13.6. The summed E-state index contributed by atoms with van der Waals surface area (Å²) in [6.07, 6.45) is 0. The van der Waals surface area contributed by atoms with Crippen LogP contribution in [0.5, 0.6) is 0 Å². The highest BCUT2D eigenvalue weighted by atomic mass is 79.9. The average molecular weight is 374 g/mol. The highest BCUT2D eigenvalue weighted by molar-refractivity contribution is 9.10. The van der Waals surface area contributed by atoms with Gasteiger partial charge in [0.25, 0.3) is 0 Å². The first-order valence-corrected chi connectivity index (χ1v) is 8.24. The van der Waals surface area contributed by atoms with E-state index in [0.717, 1.165) is 11.3 Å². The fourth-order valence-electron chi connectivity index (χ4n) is 2.17. The molecule has 0 bridgehead atoms. The molecule has 6 heteroatoms. The van der Waals surface area contributed by atoms with Crippen molar-refractivity contribution in [1.82, 2.24) is 9.55 Å². The largest absolute Gasteiger partial charge is 0.322 e. The molecule has 0 radical (unpaired) electrons. The second-order valence-electron chi connectivity index (χ2n) is 4.56. The molecule has 0 spiro atoms. The molecule has 0 saturated heterocycles. The van der Waals surface area contributed by atoms with Crippen molar-refractivity contribution in [1.29, 1.82) is 0 Å². The lowest BCUT2D eigenvalue weighted by Crippen LogP contribution is -2.05. The quantitative estimate of drug-likeness (QED) is 0.566. The van der Waals surface area contributed by atoms with Crippen molar-refractivity contribution in [3.63, 3.8) is 0 Å². The van der Waals surface area contributed by atoms with E-state index >= 15 is 0 Å². The number of thiophene rings is 1. The minimum absolute atomic E-state index is 0.233. The van der Waals surface area contributed by atoms with Gasteiger partial charge in [-0.05, 0) is 51.3 Å². The molecular formula is C14H11BrClFN2S. The molecule has 104 valence electrons. The summed E-state index contributed by atoms with van der Waals surface area (Å²) >= 11 is 11.1. The molecule has 20 heavy (non-hydrogen) atoms. The molecule has 1 aromatic carbocycles. The Morgan fingerprint density at radius 1 is 1.50 bits per heavy atom. The number of aromatic nitrogens is 2. The van der Waals surface area contributed by atoms with Gasteiger partial charge in [-0.25, -0.2) is 9.37 Å². The second kappa shape index (κ2) is 5.47. The molecule has 2 nitrogen and oxygen atoms in total. The monoisotopic (exact) mass is 372 g/mol. The van der Waals surface area contributed by atoms with E-state index < -0.39 is 0 Å². The van der Waals surface area contributed by atoms with Crippen molar-refractivity contribution in [2.45, 2.75) is 18.8 Å². The van der Waals surface area contributed by atoms with Crippen LogP contribution in [0.1, 0.15) is 23.7 Å². The fraction of sp³-hybridized carbons (Fsp3) is 0.214. The first-order chi connectivity index (χ1) is 9.56. The van der Waals surface area contributed by atoms with Gasteiger partial charge in [-0.1, -0.05) is 0 Å². The number of rotatable bonds is 3. The number of nitrogens with zero attached hydrogens (tertiary/aromatic N) is 2. The third-order valence-electron chi connectivity index (χ3n) is 3.10. The fourth-order valence-corrected chi connectivity index (χ4v) is 3.33. The summed E-state index contributed by atoms with van der Waals surface area (Å²) in [6.45, 7) is 2.56. The van der Waals surface area contributed by atoms with Crippen LogP contribution in [0, 0.1) is 5.82 Å². The zero-order valence-corrected chi connectivity index (χ0v) is 13.8. The summed E-state index contributed by atoms with van der Waals surface area (Å²) in [6, 6.07) is 5.26. The van der Waals surface area contributed by atoms with Crippen molar-refractivity contribution in [3.8, 4) is 0 Å². The van der Waals surface area contributed by atoms with Gasteiger partial charge in [-0.15, -0.1) is 11.6 Å². The predicted molar refractivity (Wildman–Crippen MR) is 85.1 cm³/mol. The summed E-state index contributed by atoms with van der Waals surface area (Å²) < 4.78 is 16.1. The van der Waals surface area contributed by atoms with Crippen LogP contribution in [0.15, 0.2) is 33.4 Å². The van der Waals surface area contributed by atoms with Gasteiger partial charge < -0.3 is 4.57 Å². The average Bonchev–Trinajstić information content (AvgIpc) is 3.00. The normalized spacial score (nSPS) is 13.0. The molecule has 2 heterocycles. The molecular weight excluding hydrogens is 363 g/mol. The summed E-state index contributed by atoms with van der Waals surface area (Å²) in [7, 11) is 0. The maximum absolute atomic E-state index is 13.6. The van der Waals surface area contributed by atoms with Crippen LogP contribution >= 0.6 is 38.9 Å². The third-order valence-corrected chi connectivity index (χ3v) is 4.63. The Balaban J connectivity index is 2.20. The smallest absolute Gasteiger partial charge is 0.139 e. The van der Waals surface area contributed by atoms with Crippen LogP contribution in [-0.2, 0) is 6.54 Å². The summed E-state index contributed by atoms with van der Waals surface area (Å²) in [5.41, 5.74) is 2.70. The molecule has 1 atom stereocenters. The van der Waals surface area contributed by atoms with Crippen LogP contribution in [0.2, 0.25) is 0 Å². The second-order valence-corrected chi connectivity index (χ2v) is 6.85. The van der Waals surface area contributed by atoms with Crippen molar-refractivity contribution >= 4 is 49.9 Å². The lowest BCUT2D eigenvalue weighted by atomic mass is 10.3. The van der Waals surface area contributed by atoms with E-state index in [9.17, 15) is 4.39 Å². The van der Waals surface area contributed by atoms with Crippen LogP contribution < -0.4 is 0 Å². The van der Waals surface area contributed by atoms with Gasteiger partial charge in [0.2, 0.25) is 0 Å². The maximum Gasteiger partial charge on any atom is 0.139 e. The number of hydrogen-bond donors (Lipinski definition) is 0. The lowest BCUT2D eigenvalue weighted by molar-refractivity contribution is 0.622. The van der Waals surface area contributed by atoms with E-state index in [1.807, 2.05) is 16.9 Å². The van der Waals surface area contributed by atoms with Gasteiger partial charge in [-0.2, -0.15) is 11.3 Å². The van der Waals surface area contributed by atoms with Gasteiger partial charge in [0, 0.05) is 6.07 Å². The van der Waals surface area contributed by atoms with Crippen molar-refractivity contribution in [2.24, 2.45) is 0 Å². The number of fused-ring (bicyclic) bond motifs is 1. The number of halogens is 3. The summed E-state index contributed by atoms with van der Waals surface area (Å²) in [5, 5.41) is 3.89. The molecule has 0 aliphatic carbocycles. The first kappa shape index (κ1) is 14.0. The minimum atomic E-state index is -0.313. The molecule has 0 amide bonds. The van der Waals surface area contributed by atoms with Gasteiger partial charge in [0.15, 0.2) is 0 Å². The standard InChI is InChI=1S/C14H11BrClFN2S/c1-8(16)14-18-12-5-11(17)10(15)4-13(12)19(14)6-9-2-3-20-7-9/h2-5,7-8H,6H2,1H3. The molecule has 1 unspecified atom stereocenters. The molecule has 0 N–H and O–H groups in total. The minimum Gasteiger partial charge on any atom is -0.322 e. The number of hydrogen-bond acceptors (Lipinski definition) is 2. The van der Waals surface area contributed by atoms with E-state index in [4.69, 9.17) is 11.6 Å². The highest BCUT2D eigenvalue weighted by Gasteiger charge is 2.17. The summed E-state index contributed by atoms with van der Waals surface area (Å²) in [5.74, 6) is 0.442. The van der Waals surface area contributed by atoms with Crippen LogP contribution in [0.3, 0.4) is 0 Å². The Bertz CT molecular complexity index is 752. The van der Waals surface area contributed by atoms with Crippen LogP contribution in [0.4, 0.5) is 4.39 Å². The molecule has 3 rings (SSSR count). The van der Waals surface area contributed by atoms with Crippen LogP contribution in [0.25, 0.3) is 11.0 Å². The van der Waals surface area contributed by atoms with Crippen molar-refractivity contribution in [2.75, 3.05) is 0 Å². The Morgan fingerprint density at radius 2 is 2.30 bits per heavy atom. The Morgan fingerprint density at radius 3 is 2.95 bits per heavy atom. The topological polar surface area (TPSA) is 17.8 Å². The molecule has 0 fully saturated rings. The SMILES string of the molecule is CC(Cl)c1nc2cc(F)c(Br)cc2n1Cc1ccsc1. The predicted octanol–water partition coefficient (Wildman–Crippen LogP) is 5.35. The first-order valence-electron chi connectivity index (χ1n) is 6.06. The van der Waals surface area contributed by atoms with E-state index in [1.54, 1.807) is 17.4 Å². The molecule has 2 aromatic heterocycles.